The molecule has 0 bridgehead atoms. The standard InChI is InChI=1S/C13H10.C6H13N/c1-3-7-12-10(5-1)9-11-6-2-4-8-13(11)12;7-6-4-2-1-3-5-6/h1-8H,9H2;6H,1-5,7H2. The number of hydrogen-bond donors (Lipinski definition) is 1. The number of benzene rings is 2. The van der Waals surface area contributed by atoms with E-state index >= 15 is 0 Å². The first kappa shape index (κ1) is 13.4. The van der Waals surface area contributed by atoms with Crippen molar-refractivity contribution < 1.29 is 0 Å². The van der Waals surface area contributed by atoms with Crippen LogP contribution < -0.4 is 5.73 Å². The van der Waals surface area contributed by atoms with Crippen LogP contribution in [0.1, 0.15) is 43.2 Å². The van der Waals surface area contributed by atoms with Gasteiger partial charge in [0.25, 0.3) is 0 Å². The highest BCUT2D eigenvalue weighted by atomic mass is 14.6. The fraction of sp³-hybridized carbons (Fsp3) is 0.368. The van der Waals surface area contributed by atoms with Gasteiger partial charge in [0.1, 0.15) is 0 Å². The summed E-state index contributed by atoms with van der Waals surface area (Å²) < 4.78 is 0. The molecule has 0 unspecified atom stereocenters. The van der Waals surface area contributed by atoms with Crippen LogP contribution in [0.2, 0.25) is 0 Å². The van der Waals surface area contributed by atoms with Crippen LogP contribution in [-0.2, 0) is 6.42 Å². The van der Waals surface area contributed by atoms with Crippen LogP contribution in [0.25, 0.3) is 11.1 Å². The quantitative estimate of drug-likeness (QED) is 0.634. The Balaban J connectivity index is 0.000000147. The van der Waals surface area contributed by atoms with Crippen LogP contribution in [-0.4, -0.2) is 6.04 Å². The predicted molar refractivity (Wildman–Crippen MR) is 85.7 cm³/mol. The lowest BCUT2D eigenvalue weighted by Gasteiger charge is -2.15. The topological polar surface area (TPSA) is 26.0 Å². The SMILES string of the molecule is NC1CCCCC1.c1ccc2c(c1)Cc1ccccc1-2. The van der Waals surface area contributed by atoms with E-state index in [0.717, 1.165) is 6.42 Å². The van der Waals surface area contributed by atoms with Gasteiger partial charge < -0.3 is 5.73 Å². The highest BCUT2D eigenvalue weighted by molar-refractivity contribution is 5.76. The van der Waals surface area contributed by atoms with Gasteiger partial charge in [-0.3, -0.25) is 0 Å². The second kappa shape index (κ2) is 6.23. The molecule has 0 spiro atoms. The largest absolute Gasteiger partial charge is 0.328 e. The molecule has 1 heteroatoms. The van der Waals surface area contributed by atoms with Gasteiger partial charge in [0, 0.05) is 6.04 Å². The van der Waals surface area contributed by atoms with E-state index in [4.69, 9.17) is 5.73 Å². The number of nitrogens with two attached hydrogens (primary N) is 1. The lowest BCUT2D eigenvalue weighted by molar-refractivity contribution is 0.441. The maximum Gasteiger partial charge on any atom is 0.00388 e. The molecule has 1 saturated carbocycles. The molecular weight excluding hydrogens is 242 g/mol. The molecule has 0 aliphatic heterocycles. The van der Waals surface area contributed by atoms with Gasteiger partial charge in [0.2, 0.25) is 0 Å². The zero-order chi connectivity index (χ0) is 13.8. The molecule has 20 heavy (non-hydrogen) atoms. The third kappa shape index (κ3) is 2.94. The van der Waals surface area contributed by atoms with Crippen molar-refractivity contribution in [3.63, 3.8) is 0 Å². The van der Waals surface area contributed by atoms with Gasteiger partial charge in [-0.15, -0.1) is 0 Å². The van der Waals surface area contributed by atoms with Crippen LogP contribution in [0.15, 0.2) is 48.5 Å². The normalized spacial score (nSPS) is 16.9. The summed E-state index contributed by atoms with van der Waals surface area (Å²) in [4.78, 5) is 0. The molecule has 1 fully saturated rings. The molecule has 0 heterocycles. The summed E-state index contributed by atoms with van der Waals surface area (Å²) in [5, 5.41) is 0. The molecule has 2 aliphatic carbocycles. The van der Waals surface area contributed by atoms with Crippen molar-refractivity contribution in [1.82, 2.24) is 0 Å². The van der Waals surface area contributed by atoms with Gasteiger partial charge in [0.15, 0.2) is 0 Å². The van der Waals surface area contributed by atoms with Crippen molar-refractivity contribution in [2.24, 2.45) is 5.73 Å². The third-order valence-electron chi connectivity index (χ3n) is 4.36. The molecule has 0 saturated heterocycles. The second-order valence-corrected chi connectivity index (χ2v) is 5.89. The molecule has 104 valence electrons. The summed E-state index contributed by atoms with van der Waals surface area (Å²) in [5.41, 5.74) is 11.4. The minimum Gasteiger partial charge on any atom is -0.328 e. The fourth-order valence-electron chi connectivity index (χ4n) is 3.21. The molecule has 4 rings (SSSR count). The van der Waals surface area contributed by atoms with Crippen LogP contribution in [0, 0.1) is 0 Å². The maximum atomic E-state index is 5.63. The molecule has 2 aromatic rings. The summed E-state index contributed by atoms with van der Waals surface area (Å²) in [7, 11) is 0. The fourth-order valence-corrected chi connectivity index (χ4v) is 3.21. The molecular formula is C19H23N. The maximum absolute atomic E-state index is 5.63. The first-order valence-electron chi connectivity index (χ1n) is 7.76. The summed E-state index contributed by atoms with van der Waals surface area (Å²) >= 11 is 0. The third-order valence-corrected chi connectivity index (χ3v) is 4.36. The first-order valence-corrected chi connectivity index (χ1v) is 7.76. The van der Waals surface area contributed by atoms with Crippen molar-refractivity contribution in [3.05, 3.63) is 59.7 Å². The van der Waals surface area contributed by atoms with Crippen LogP contribution in [0.4, 0.5) is 0 Å². The minimum absolute atomic E-state index is 0.536. The van der Waals surface area contributed by atoms with E-state index in [9.17, 15) is 0 Å². The Bertz CT molecular complexity index is 524. The van der Waals surface area contributed by atoms with E-state index < -0.39 is 0 Å². The molecule has 0 amide bonds. The molecule has 0 aromatic heterocycles. The molecule has 2 N–H and O–H groups in total. The van der Waals surface area contributed by atoms with Crippen molar-refractivity contribution in [3.8, 4) is 11.1 Å². The van der Waals surface area contributed by atoms with Gasteiger partial charge in [-0.2, -0.15) is 0 Å². The van der Waals surface area contributed by atoms with Gasteiger partial charge in [-0.05, 0) is 41.5 Å². The summed E-state index contributed by atoms with van der Waals surface area (Å²) in [6.45, 7) is 0. The Hall–Kier alpha value is -1.60. The Morgan fingerprint density at radius 1 is 0.700 bits per heavy atom. The van der Waals surface area contributed by atoms with E-state index in [-0.39, 0.29) is 0 Å². The lowest BCUT2D eigenvalue weighted by atomic mass is 9.97. The summed E-state index contributed by atoms with van der Waals surface area (Å²) in [6.07, 6.45) is 7.77. The van der Waals surface area contributed by atoms with Crippen LogP contribution in [0.3, 0.4) is 0 Å². The average Bonchev–Trinajstić information content (AvgIpc) is 2.87. The van der Waals surface area contributed by atoms with Gasteiger partial charge in [-0.25, -0.2) is 0 Å². The smallest absolute Gasteiger partial charge is 0.00388 e. The Labute approximate surface area is 121 Å². The summed E-state index contributed by atoms with van der Waals surface area (Å²) in [5.74, 6) is 0. The Kier molecular flexibility index (Phi) is 4.17. The molecule has 0 radical (unpaired) electrons. The van der Waals surface area contributed by atoms with E-state index in [1.165, 1.54) is 54.4 Å². The van der Waals surface area contributed by atoms with E-state index in [1.807, 2.05) is 0 Å². The van der Waals surface area contributed by atoms with Crippen molar-refractivity contribution in [1.29, 1.82) is 0 Å². The zero-order valence-electron chi connectivity index (χ0n) is 12.0. The Morgan fingerprint density at radius 2 is 1.20 bits per heavy atom. The first-order chi connectivity index (χ1) is 9.84. The predicted octanol–water partition coefficient (Wildman–Crippen LogP) is 4.54. The number of fused-ring (bicyclic) bond motifs is 3. The van der Waals surface area contributed by atoms with E-state index in [0.29, 0.717) is 6.04 Å². The zero-order valence-corrected chi connectivity index (χ0v) is 12.0. The summed E-state index contributed by atoms with van der Waals surface area (Å²) in [6, 6.07) is 17.8. The van der Waals surface area contributed by atoms with E-state index in [2.05, 4.69) is 48.5 Å². The highest BCUT2D eigenvalue weighted by Gasteiger charge is 2.15. The van der Waals surface area contributed by atoms with Gasteiger partial charge in [-0.1, -0.05) is 67.8 Å². The van der Waals surface area contributed by atoms with Crippen LogP contribution in [0.5, 0.6) is 0 Å². The van der Waals surface area contributed by atoms with Crippen molar-refractivity contribution in [2.75, 3.05) is 0 Å². The molecule has 2 aliphatic rings. The van der Waals surface area contributed by atoms with Crippen molar-refractivity contribution >= 4 is 0 Å². The molecule has 0 atom stereocenters. The average molecular weight is 265 g/mol. The van der Waals surface area contributed by atoms with Gasteiger partial charge in [0.05, 0.1) is 0 Å². The number of hydrogen-bond acceptors (Lipinski definition) is 1. The Morgan fingerprint density at radius 3 is 1.65 bits per heavy atom. The van der Waals surface area contributed by atoms with E-state index in [1.54, 1.807) is 0 Å². The second-order valence-electron chi connectivity index (χ2n) is 5.89. The van der Waals surface area contributed by atoms with Crippen LogP contribution >= 0.6 is 0 Å². The minimum atomic E-state index is 0.536. The molecule has 2 aromatic carbocycles. The molecule has 1 nitrogen and oxygen atoms in total. The monoisotopic (exact) mass is 265 g/mol. The van der Waals surface area contributed by atoms with Gasteiger partial charge >= 0.3 is 0 Å². The number of rotatable bonds is 0. The van der Waals surface area contributed by atoms with Crippen molar-refractivity contribution in [2.45, 2.75) is 44.6 Å². The highest BCUT2D eigenvalue weighted by Crippen LogP contribution is 2.35. The lowest BCUT2D eigenvalue weighted by Crippen LogP contribution is -2.22.